The molecule has 3 rings (SSSR count). The number of aromatic nitrogens is 1. The highest BCUT2D eigenvalue weighted by Crippen LogP contribution is 2.31. The molecular formula is C16H21NO. The van der Waals surface area contributed by atoms with Crippen LogP contribution in [0.25, 0.3) is 10.9 Å². The molecule has 18 heavy (non-hydrogen) atoms. The third-order valence-electron chi connectivity index (χ3n) is 4.34. The summed E-state index contributed by atoms with van der Waals surface area (Å²) in [7, 11) is 0. The van der Waals surface area contributed by atoms with Crippen molar-refractivity contribution in [3.05, 3.63) is 35.5 Å². The Labute approximate surface area is 108 Å². The summed E-state index contributed by atoms with van der Waals surface area (Å²) < 4.78 is 0. The lowest BCUT2D eigenvalue weighted by atomic mass is 9.83. The zero-order chi connectivity index (χ0) is 12.5. The molecule has 1 aromatic carbocycles. The number of benzene rings is 1. The Morgan fingerprint density at radius 1 is 1.17 bits per heavy atom. The van der Waals surface area contributed by atoms with Crippen LogP contribution >= 0.6 is 0 Å². The van der Waals surface area contributed by atoms with Crippen LogP contribution in [-0.4, -0.2) is 16.2 Å². The maximum absolute atomic E-state index is 9.57. The van der Waals surface area contributed by atoms with Crippen LogP contribution in [0.4, 0.5) is 0 Å². The normalized spacial score (nSPS) is 24.6. The topological polar surface area (TPSA) is 36.0 Å². The Morgan fingerprint density at radius 3 is 2.67 bits per heavy atom. The molecular weight excluding hydrogens is 222 g/mol. The molecule has 0 spiro atoms. The average molecular weight is 243 g/mol. The molecule has 1 aromatic heterocycles. The molecule has 2 N–H and O–H groups in total. The number of nitrogens with one attached hydrogen (secondary N) is 1. The van der Waals surface area contributed by atoms with E-state index >= 15 is 0 Å². The van der Waals surface area contributed by atoms with Crippen LogP contribution in [0.15, 0.2) is 24.3 Å². The van der Waals surface area contributed by atoms with Crippen molar-refractivity contribution in [3.8, 4) is 0 Å². The Kier molecular flexibility index (Phi) is 3.13. The molecule has 0 unspecified atom stereocenters. The predicted octanol–water partition coefficient (Wildman–Crippen LogP) is 3.57. The van der Waals surface area contributed by atoms with Gasteiger partial charge in [-0.1, -0.05) is 18.2 Å². The number of aliphatic hydroxyl groups excluding tert-OH is 1. The van der Waals surface area contributed by atoms with E-state index in [0.717, 1.165) is 25.2 Å². The number of fused-ring (bicyclic) bond motifs is 1. The first kappa shape index (κ1) is 11.8. The molecule has 1 heterocycles. The molecule has 0 radical (unpaired) electrons. The molecule has 0 atom stereocenters. The standard InChI is InChI=1S/C16H21NO/c1-11-15(10-12-6-8-13(18)9-7-12)14-4-2-3-5-16(14)17-11/h2-5,12-13,17-18H,6-10H2,1H3. The number of rotatable bonds is 2. The van der Waals surface area contributed by atoms with Gasteiger partial charge in [0, 0.05) is 16.6 Å². The van der Waals surface area contributed by atoms with E-state index < -0.39 is 0 Å². The smallest absolute Gasteiger partial charge is 0.0540 e. The van der Waals surface area contributed by atoms with Crippen molar-refractivity contribution in [3.63, 3.8) is 0 Å². The van der Waals surface area contributed by atoms with E-state index in [0.29, 0.717) is 0 Å². The molecule has 0 bridgehead atoms. The Balaban J connectivity index is 1.84. The lowest BCUT2D eigenvalue weighted by Gasteiger charge is -2.25. The molecule has 96 valence electrons. The summed E-state index contributed by atoms with van der Waals surface area (Å²) >= 11 is 0. The van der Waals surface area contributed by atoms with Crippen molar-refractivity contribution in [1.82, 2.24) is 4.98 Å². The maximum Gasteiger partial charge on any atom is 0.0540 e. The van der Waals surface area contributed by atoms with Gasteiger partial charge in [-0.25, -0.2) is 0 Å². The van der Waals surface area contributed by atoms with Crippen molar-refractivity contribution in [2.24, 2.45) is 5.92 Å². The number of aryl methyl sites for hydroxylation is 1. The summed E-state index contributed by atoms with van der Waals surface area (Å²) in [5.41, 5.74) is 4.04. The minimum atomic E-state index is -0.0506. The van der Waals surface area contributed by atoms with Crippen LogP contribution in [0.2, 0.25) is 0 Å². The molecule has 2 heteroatoms. The van der Waals surface area contributed by atoms with E-state index in [1.807, 2.05) is 0 Å². The molecule has 1 aliphatic carbocycles. The van der Waals surface area contributed by atoms with Crippen LogP contribution in [0.1, 0.15) is 36.9 Å². The zero-order valence-electron chi connectivity index (χ0n) is 10.9. The van der Waals surface area contributed by atoms with E-state index in [9.17, 15) is 5.11 Å². The average Bonchev–Trinajstić information content (AvgIpc) is 2.69. The van der Waals surface area contributed by atoms with Gasteiger partial charge in [0.25, 0.3) is 0 Å². The fourth-order valence-electron chi connectivity index (χ4n) is 3.24. The first-order chi connectivity index (χ1) is 8.74. The van der Waals surface area contributed by atoms with Crippen molar-refractivity contribution in [2.45, 2.75) is 45.1 Å². The molecule has 2 nitrogen and oxygen atoms in total. The van der Waals surface area contributed by atoms with Gasteiger partial charge in [-0.05, 0) is 56.6 Å². The van der Waals surface area contributed by atoms with E-state index in [2.05, 4.69) is 36.2 Å². The number of aromatic amines is 1. The number of hydrogen-bond acceptors (Lipinski definition) is 1. The molecule has 1 fully saturated rings. The van der Waals surface area contributed by atoms with Gasteiger partial charge >= 0.3 is 0 Å². The van der Waals surface area contributed by atoms with Crippen molar-refractivity contribution < 1.29 is 5.11 Å². The van der Waals surface area contributed by atoms with Crippen LogP contribution < -0.4 is 0 Å². The minimum absolute atomic E-state index is 0.0506. The molecule has 0 amide bonds. The summed E-state index contributed by atoms with van der Waals surface area (Å²) in [4.78, 5) is 3.48. The largest absolute Gasteiger partial charge is 0.393 e. The van der Waals surface area contributed by atoms with Gasteiger partial charge in [0.1, 0.15) is 0 Å². The molecule has 1 aliphatic rings. The summed E-state index contributed by atoms with van der Waals surface area (Å²) in [5.74, 6) is 0.742. The minimum Gasteiger partial charge on any atom is -0.393 e. The van der Waals surface area contributed by atoms with Gasteiger partial charge in [-0.2, -0.15) is 0 Å². The highest BCUT2D eigenvalue weighted by atomic mass is 16.3. The van der Waals surface area contributed by atoms with Crippen LogP contribution in [0.3, 0.4) is 0 Å². The Hall–Kier alpha value is -1.28. The number of para-hydroxylation sites is 1. The van der Waals surface area contributed by atoms with Crippen molar-refractivity contribution in [2.75, 3.05) is 0 Å². The summed E-state index contributed by atoms with van der Waals surface area (Å²) in [5, 5.41) is 10.9. The SMILES string of the molecule is Cc1[nH]c2ccccc2c1CC1CCC(O)CC1. The molecule has 0 saturated heterocycles. The van der Waals surface area contributed by atoms with Gasteiger partial charge in [0.15, 0.2) is 0 Å². The lowest BCUT2D eigenvalue weighted by molar-refractivity contribution is 0.109. The van der Waals surface area contributed by atoms with Crippen molar-refractivity contribution >= 4 is 10.9 Å². The lowest BCUT2D eigenvalue weighted by Crippen LogP contribution is -2.19. The van der Waals surface area contributed by atoms with E-state index in [-0.39, 0.29) is 6.10 Å². The monoisotopic (exact) mass is 243 g/mol. The summed E-state index contributed by atoms with van der Waals surface area (Å²) in [6.45, 7) is 2.17. The van der Waals surface area contributed by atoms with Crippen LogP contribution in [0, 0.1) is 12.8 Å². The second kappa shape index (κ2) is 4.77. The van der Waals surface area contributed by atoms with E-state index in [1.165, 1.54) is 35.0 Å². The first-order valence-corrected chi connectivity index (χ1v) is 6.98. The van der Waals surface area contributed by atoms with Gasteiger partial charge in [-0.15, -0.1) is 0 Å². The van der Waals surface area contributed by atoms with Gasteiger partial charge in [0.2, 0.25) is 0 Å². The van der Waals surface area contributed by atoms with Crippen molar-refractivity contribution in [1.29, 1.82) is 0 Å². The first-order valence-electron chi connectivity index (χ1n) is 6.98. The zero-order valence-corrected chi connectivity index (χ0v) is 10.9. The quantitative estimate of drug-likeness (QED) is 0.831. The fraction of sp³-hybridized carbons (Fsp3) is 0.500. The third kappa shape index (κ3) is 2.17. The maximum atomic E-state index is 9.57. The predicted molar refractivity (Wildman–Crippen MR) is 74.7 cm³/mol. The van der Waals surface area contributed by atoms with Gasteiger partial charge in [-0.3, -0.25) is 0 Å². The Morgan fingerprint density at radius 2 is 1.89 bits per heavy atom. The number of aliphatic hydroxyl groups is 1. The van der Waals surface area contributed by atoms with Gasteiger partial charge < -0.3 is 10.1 Å². The Bertz CT molecular complexity index is 535. The summed E-state index contributed by atoms with van der Waals surface area (Å²) in [6, 6.07) is 8.56. The van der Waals surface area contributed by atoms with E-state index in [1.54, 1.807) is 0 Å². The second-order valence-electron chi connectivity index (χ2n) is 5.65. The number of H-pyrrole nitrogens is 1. The summed E-state index contributed by atoms with van der Waals surface area (Å²) in [6.07, 6.45) is 5.39. The highest BCUT2D eigenvalue weighted by molar-refractivity contribution is 5.84. The highest BCUT2D eigenvalue weighted by Gasteiger charge is 2.21. The van der Waals surface area contributed by atoms with Crippen LogP contribution in [0.5, 0.6) is 0 Å². The van der Waals surface area contributed by atoms with E-state index in [4.69, 9.17) is 0 Å². The third-order valence-corrected chi connectivity index (χ3v) is 4.34. The molecule has 2 aromatic rings. The number of hydrogen-bond donors (Lipinski definition) is 2. The molecule has 0 aliphatic heterocycles. The molecule has 1 saturated carbocycles. The second-order valence-corrected chi connectivity index (χ2v) is 5.65. The fourth-order valence-corrected chi connectivity index (χ4v) is 3.24. The van der Waals surface area contributed by atoms with Crippen LogP contribution in [-0.2, 0) is 6.42 Å². The van der Waals surface area contributed by atoms with Gasteiger partial charge in [0.05, 0.1) is 6.10 Å².